The lowest BCUT2D eigenvalue weighted by molar-refractivity contribution is 1.33. The molecule has 0 unspecified atom stereocenters. The molecule has 0 amide bonds. The van der Waals surface area contributed by atoms with Gasteiger partial charge in [-0.1, -0.05) is 0 Å². The van der Waals surface area contributed by atoms with E-state index in [1.54, 1.807) is 12.4 Å². The average Bonchev–Trinajstić information content (AvgIpc) is 2.84. The highest BCUT2D eigenvalue weighted by atomic mass is 14.9. The molecule has 1 aromatic heterocycles. The van der Waals surface area contributed by atoms with E-state index in [0.29, 0.717) is 0 Å². The van der Waals surface area contributed by atoms with Gasteiger partial charge in [-0.2, -0.15) is 0 Å². The highest BCUT2D eigenvalue weighted by Gasteiger charge is 2.07. The van der Waals surface area contributed by atoms with Gasteiger partial charge in [-0.3, -0.25) is 9.98 Å². The minimum Gasteiger partial charge on any atom is -0.368 e. The van der Waals surface area contributed by atoms with Gasteiger partial charge in [0, 0.05) is 24.8 Å². The van der Waals surface area contributed by atoms with Crippen molar-refractivity contribution in [2.24, 2.45) is 9.98 Å². The van der Waals surface area contributed by atoms with E-state index in [2.05, 4.69) is 15.0 Å². The summed E-state index contributed by atoms with van der Waals surface area (Å²) >= 11 is 0. The number of aromatic amines is 1. The average molecular weight is 171 g/mol. The third-order valence-corrected chi connectivity index (χ3v) is 1.65. The van der Waals surface area contributed by atoms with Gasteiger partial charge in [0.25, 0.3) is 0 Å². The first-order chi connectivity index (χ1) is 6.47. The van der Waals surface area contributed by atoms with E-state index >= 15 is 0 Å². The predicted octanol–water partition coefficient (Wildman–Crippen LogP) is 1.94. The fourth-order valence-corrected chi connectivity index (χ4v) is 1.04. The summed E-state index contributed by atoms with van der Waals surface area (Å²) in [5, 5.41) is 0. The van der Waals surface area contributed by atoms with Crippen molar-refractivity contribution >= 4 is 12.4 Å². The quantitative estimate of drug-likeness (QED) is 0.619. The van der Waals surface area contributed by atoms with Crippen LogP contribution in [0, 0.1) is 0 Å². The molecular formula is C10H9N3. The van der Waals surface area contributed by atoms with Gasteiger partial charge < -0.3 is 4.98 Å². The molecule has 0 aromatic carbocycles. The van der Waals surface area contributed by atoms with E-state index < -0.39 is 0 Å². The van der Waals surface area contributed by atoms with Crippen LogP contribution in [0.5, 0.6) is 0 Å². The summed E-state index contributed by atoms with van der Waals surface area (Å²) in [7, 11) is 0. The van der Waals surface area contributed by atoms with Crippen LogP contribution in [0.1, 0.15) is 0 Å². The molecule has 1 aromatic rings. The number of aliphatic imine (C=N–C) groups is 2. The first-order valence-corrected chi connectivity index (χ1v) is 4.03. The van der Waals surface area contributed by atoms with Crippen molar-refractivity contribution in [1.82, 2.24) is 4.98 Å². The molecule has 3 nitrogen and oxygen atoms in total. The van der Waals surface area contributed by atoms with Crippen molar-refractivity contribution in [2.75, 3.05) is 0 Å². The predicted molar refractivity (Wildman–Crippen MR) is 53.9 cm³/mol. The smallest absolute Gasteiger partial charge is 0.0901 e. The van der Waals surface area contributed by atoms with Crippen molar-refractivity contribution in [1.29, 1.82) is 0 Å². The number of hydrogen-bond donors (Lipinski definition) is 1. The Morgan fingerprint density at radius 3 is 1.77 bits per heavy atom. The lowest BCUT2D eigenvalue weighted by Crippen LogP contribution is -1.66. The van der Waals surface area contributed by atoms with Crippen LogP contribution in [0.25, 0.3) is 0 Å². The Labute approximate surface area is 76.2 Å². The Hall–Kier alpha value is -1.90. The second kappa shape index (κ2) is 3.67. The summed E-state index contributed by atoms with van der Waals surface area (Å²) in [5.41, 5.74) is 1.98. The van der Waals surface area contributed by atoms with Gasteiger partial charge in [0.1, 0.15) is 0 Å². The molecule has 3 rings (SSSR count). The number of rotatable bonds is 0. The summed E-state index contributed by atoms with van der Waals surface area (Å²) in [6, 6.07) is 3.89. The Balaban J connectivity index is 0.000000113. The van der Waals surface area contributed by atoms with Crippen LogP contribution in [-0.2, 0) is 0 Å². The largest absolute Gasteiger partial charge is 0.368 e. The zero-order chi connectivity index (χ0) is 8.93. The number of fused-ring (bicyclic) bond motifs is 1. The van der Waals surface area contributed by atoms with Crippen LogP contribution in [0.3, 0.4) is 0 Å². The van der Waals surface area contributed by atoms with E-state index in [4.69, 9.17) is 0 Å². The molecule has 1 N–H and O–H groups in total. The molecular weight excluding hydrogens is 162 g/mol. The van der Waals surface area contributed by atoms with Crippen molar-refractivity contribution in [3.05, 3.63) is 48.1 Å². The SMILES string of the molecule is C1=NC2=CC=NC2=C1.c1cc[nH]c1. The number of allylic oxidation sites excluding steroid dienone is 2. The molecule has 2 aliphatic heterocycles. The summed E-state index contributed by atoms with van der Waals surface area (Å²) in [4.78, 5) is 10.9. The van der Waals surface area contributed by atoms with Gasteiger partial charge in [0.2, 0.25) is 0 Å². The van der Waals surface area contributed by atoms with Gasteiger partial charge in [-0.15, -0.1) is 0 Å². The normalized spacial score (nSPS) is 16.0. The van der Waals surface area contributed by atoms with E-state index in [-0.39, 0.29) is 0 Å². The van der Waals surface area contributed by atoms with E-state index in [9.17, 15) is 0 Å². The number of H-pyrrole nitrogens is 1. The summed E-state index contributed by atoms with van der Waals surface area (Å²) in [5.74, 6) is 0. The molecule has 13 heavy (non-hydrogen) atoms. The van der Waals surface area contributed by atoms with Gasteiger partial charge in [-0.25, -0.2) is 0 Å². The zero-order valence-corrected chi connectivity index (χ0v) is 7.01. The van der Waals surface area contributed by atoms with Crippen molar-refractivity contribution in [3.63, 3.8) is 0 Å². The molecule has 0 aliphatic carbocycles. The van der Waals surface area contributed by atoms with Crippen LogP contribution < -0.4 is 0 Å². The molecule has 2 aliphatic rings. The van der Waals surface area contributed by atoms with Crippen molar-refractivity contribution in [3.8, 4) is 0 Å². The van der Waals surface area contributed by atoms with Crippen LogP contribution in [0.2, 0.25) is 0 Å². The molecule has 0 saturated carbocycles. The maximum Gasteiger partial charge on any atom is 0.0901 e. The number of aromatic nitrogens is 1. The monoisotopic (exact) mass is 171 g/mol. The summed E-state index contributed by atoms with van der Waals surface area (Å²) < 4.78 is 0. The van der Waals surface area contributed by atoms with Gasteiger partial charge in [-0.05, 0) is 24.3 Å². The van der Waals surface area contributed by atoms with Crippen LogP contribution in [0.4, 0.5) is 0 Å². The van der Waals surface area contributed by atoms with Gasteiger partial charge >= 0.3 is 0 Å². The third-order valence-electron chi connectivity index (χ3n) is 1.65. The standard InChI is InChI=1S/C6H4N2.C4H5N/c1-3-7-6-2-4-8-5(1)6;1-2-4-5-3-1/h1-4H;1-5H. The molecule has 0 bridgehead atoms. The lowest BCUT2D eigenvalue weighted by atomic mass is 10.4. The number of hydrogen-bond acceptors (Lipinski definition) is 2. The van der Waals surface area contributed by atoms with Crippen LogP contribution in [0.15, 0.2) is 58.1 Å². The Morgan fingerprint density at radius 2 is 1.38 bits per heavy atom. The molecule has 0 spiro atoms. The molecule has 3 heterocycles. The van der Waals surface area contributed by atoms with Gasteiger partial charge in [0.15, 0.2) is 0 Å². The van der Waals surface area contributed by atoms with E-state index in [1.165, 1.54) is 0 Å². The van der Waals surface area contributed by atoms with E-state index in [0.717, 1.165) is 11.4 Å². The molecule has 0 radical (unpaired) electrons. The van der Waals surface area contributed by atoms with E-state index in [1.807, 2.05) is 36.7 Å². The first-order valence-electron chi connectivity index (χ1n) is 4.03. The number of nitrogens with zero attached hydrogens (tertiary/aromatic N) is 2. The molecule has 0 atom stereocenters. The fraction of sp³-hybridized carbons (Fsp3) is 0. The first kappa shape index (κ1) is 7.73. The lowest BCUT2D eigenvalue weighted by Gasteiger charge is -1.83. The maximum atomic E-state index is 4.02. The minimum atomic E-state index is 0.991. The molecule has 64 valence electrons. The highest BCUT2D eigenvalue weighted by molar-refractivity contribution is 5.88. The van der Waals surface area contributed by atoms with Gasteiger partial charge in [0.05, 0.1) is 11.4 Å². The Morgan fingerprint density at radius 1 is 0.846 bits per heavy atom. The summed E-state index contributed by atoms with van der Waals surface area (Å²) in [6.07, 6.45) is 11.1. The van der Waals surface area contributed by atoms with Crippen molar-refractivity contribution in [2.45, 2.75) is 0 Å². The molecule has 0 fully saturated rings. The molecule has 0 saturated heterocycles. The number of nitrogens with one attached hydrogen (secondary N) is 1. The third kappa shape index (κ3) is 1.82. The topological polar surface area (TPSA) is 40.5 Å². The fourth-order valence-electron chi connectivity index (χ4n) is 1.04. The second-order valence-electron chi connectivity index (χ2n) is 2.55. The maximum absolute atomic E-state index is 4.02. The Kier molecular flexibility index (Phi) is 2.18. The zero-order valence-electron chi connectivity index (χ0n) is 7.01. The highest BCUT2D eigenvalue weighted by Crippen LogP contribution is 2.19. The Bertz CT molecular complexity index is 337. The van der Waals surface area contributed by atoms with Crippen molar-refractivity contribution < 1.29 is 0 Å². The van der Waals surface area contributed by atoms with Crippen LogP contribution in [-0.4, -0.2) is 17.4 Å². The minimum absolute atomic E-state index is 0.991. The summed E-state index contributed by atoms with van der Waals surface area (Å²) in [6.45, 7) is 0. The second-order valence-corrected chi connectivity index (χ2v) is 2.55. The van der Waals surface area contributed by atoms with Crippen LogP contribution >= 0.6 is 0 Å². The molecule has 3 heteroatoms.